The first-order chi connectivity index (χ1) is 10.9. The summed E-state index contributed by atoms with van der Waals surface area (Å²) < 4.78 is 0. The Bertz CT molecular complexity index is 758. The molecule has 5 heteroatoms. The van der Waals surface area contributed by atoms with Crippen LogP contribution in [0.15, 0.2) is 30.3 Å². The van der Waals surface area contributed by atoms with E-state index >= 15 is 0 Å². The Morgan fingerprint density at radius 3 is 2.43 bits per heavy atom. The fourth-order valence-corrected chi connectivity index (χ4v) is 3.51. The van der Waals surface area contributed by atoms with Crippen molar-refractivity contribution in [1.29, 1.82) is 0 Å². The van der Waals surface area contributed by atoms with Crippen molar-refractivity contribution in [3.63, 3.8) is 0 Å². The minimum atomic E-state index is -0.510. The maximum absolute atomic E-state index is 12.1. The number of anilines is 1. The number of thiophene rings is 1. The second kappa shape index (κ2) is 7.24. The number of carbonyl (C=O) groups excluding carboxylic acids is 2. The highest BCUT2D eigenvalue weighted by Crippen LogP contribution is 2.33. The first kappa shape index (κ1) is 17.0. The zero-order valence-electron chi connectivity index (χ0n) is 13.5. The SMILES string of the molecule is CCc1c(C)sc(NC(=O)C=Cc2ccc(C)cc2)c1C(N)=O. The molecule has 0 unspecified atom stereocenters. The molecule has 0 radical (unpaired) electrons. The number of primary amides is 1. The molecule has 23 heavy (non-hydrogen) atoms. The molecule has 0 fully saturated rings. The molecule has 0 atom stereocenters. The van der Waals surface area contributed by atoms with Gasteiger partial charge in [0.25, 0.3) is 5.91 Å². The molecule has 1 heterocycles. The third-order valence-electron chi connectivity index (χ3n) is 3.55. The van der Waals surface area contributed by atoms with Gasteiger partial charge in [-0.1, -0.05) is 36.8 Å². The summed E-state index contributed by atoms with van der Waals surface area (Å²) in [6, 6.07) is 7.86. The van der Waals surface area contributed by atoms with E-state index in [-0.39, 0.29) is 5.91 Å². The molecule has 0 bridgehead atoms. The van der Waals surface area contributed by atoms with Crippen molar-refractivity contribution in [2.75, 3.05) is 5.32 Å². The topological polar surface area (TPSA) is 72.2 Å². The molecular weight excluding hydrogens is 308 g/mol. The van der Waals surface area contributed by atoms with Gasteiger partial charge in [0.05, 0.1) is 5.56 Å². The van der Waals surface area contributed by atoms with Gasteiger partial charge in [0.15, 0.2) is 0 Å². The molecule has 3 N–H and O–H groups in total. The molecule has 2 rings (SSSR count). The molecule has 0 spiro atoms. The van der Waals surface area contributed by atoms with Crippen LogP contribution in [-0.2, 0) is 11.2 Å². The lowest BCUT2D eigenvalue weighted by Crippen LogP contribution is -2.16. The number of aryl methyl sites for hydroxylation is 2. The second-order valence-electron chi connectivity index (χ2n) is 5.29. The molecule has 2 aromatic rings. The molecular formula is C18H20N2O2S. The molecule has 1 aromatic heterocycles. The van der Waals surface area contributed by atoms with E-state index in [1.807, 2.05) is 45.0 Å². The molecule has 2 amide bonds. The Labute approximate surface area is 140 Å². The summed E-state index contributed by atoms with van der Waals surface area (Å²) in [4.78, 5) is 24.8. The van der Waals surface area contributed by atoms with Crippen LogP contribution in [0.4, 0.5) is 5.00 Å². The molecule has 0 aliphatic rings. The van der Waals surface area contributed by atoms with Gasteiger partial charge in [-0.15, -0.1) is 11.3 Å². The minimum Gasteiger partial charge on any atom is -0.365 e. The predicted octanol–water partition coefficient (Wildman–Crippen LogP) is 3.68. The molecule has 0 aliphatic carbocycles. The Balaban J connectivity index is 2.17. The first-order valence-electron chi connectivity index (χ1n) is 7.40. The van der Waals surface area contributed by atoms with E-state index in [1.54, 1.807) is 6.08 Å². The predicted molar refractivity (Wildman–Crippen MR) is 95.8 cm³/mol. The normalized spacial score (nSPS) is 10.9. The van der Waals surface area contributed by atoms with Crippen molar-refractivity contribution in [3.05, 3.63) is 57.5 Å². The van der Waals surface area contributed by atoms with E-state index in [0.29, 0.717) is 17.0 Å². The number of nitrogens with two attached hydrogens (primary N) is 1. The van der Waals surface area contributed by atoms with Crippen LogP contribution in [0.25, 0.3) is 6.08 Å². The molecule has 1 aromatic carbocycles. The highest BCUT2D eigenvalue weighted by molar-refractivity contribution is 7.16. The minimum absolute atomic E-state index is 0.281. The van der Waals surface area contributed by atoms with Crippen LogP contribution < -0.4 is 11.1 Å². The van der Waals surface area contributed by atoms with E-state index in [9.17, 15) is 9.59 Å². The molecule has 0 aliphatic heterocycles. The van der Waals surface area contributed by atoms with E-state index in [2.05, 4.69) is 5.32 Å². The summed E-state index contributed by atoms with van der Waals surface area (Å²) >= 11 is 1.38. The highest BCUT2D eigenvalue weighted by Gasteiger charge is 2.19. The average Bonchev–Trinajstić information content (AvgIpc) is 2.82. The number of benzene rings is 1. The lowest BCUT2D eigenvalue weighted by Gasteiger charge is -2.03. The van der Waals surface area contributed by atoms with Crippen molar-refractivity contribution in [2.24, 2.45) is 5.73 Å². The zero-order chi connectivity index (χ0) is 17.0. The summed E-state index contributed by atoms with van der Waals surface area (Å²) in [6.45, 7) is 5.90. The van der Waals surface area contributed by atoms with Gasteiger partial charge in [0, 0.05) is 11.0 Å². The monoisotopic (exact) mass is 328 g/mol. The van der Waals surface area contributed by atoms with Gasteiger partial charge in [-0.05, 0) is 37.5 Å². The average molecular weight is 328 g/mol. The fourth-order valence-electron chi connectivity index (χ4n) is 2.36. The molecule has 4 nitrogen and oxygen atoms in total. The van der Waals surface area contributed by atoms with Gasteiger partial charge in [0.2, 0.25) is 5.91 Å². The van der Waals surface area contributed by atoms with E-state index in [0.717, 1.165) is 16.0 Å². The number of nitrogens with one attached hydrogen (secondary N) is 1. The fraction of sp³-hybridized carbons (Fsp3) is 0.222. The van der Waals surface area contributed by atoms with Crippen molar-refractivity contribution >= 4 is 34.2 Å². The zero-order valence-corrected chi connectivity index (χ0v) is 14.3. The van der Waals surface area contributed by atoms with Gasteiger partial charge >= 0.3 is 0 Å². The second-order valence-corrected chi connectivity index (χ2v) is 6.52. The summed E-state index contributed by atoms with van der Waals surface area (Å²) in [5, 5.41) is 3.28. The Morgan fingerprint density at radius 1 is 1.22 bits per heavy atom. The maximum Gasteiger partial charge on any atom is 0.251 e. The Hall–Kier alpha value is -2.40. The first-order valence-corrected chi connectivity index (χ1v) is 8.21. The smallest absolute Gasteiger partial charge is 0.251 e. The van der Waals surface area contributed by atoms with Crippen LogP contribution >= 0.6 is 11.3 Å². The number of amides is 2. The summed E-state index contributed by atoms with van der Waals surface area (Å²) in [7, 11) is 0. The van der Waals surface area contributed by atoms with Crippen molar-refractivity contribution in [1.82, 2.24) is 0 Å². The largest absolute Gasteiger partial charge is 0.365 e. The molecule has 0 saturated carbocycles. The third-order valence-corrected chi connectivity index (χ3v) is 4.61. The van der Waals surface area contributed by atoms with Gasteiger partial charge < -0.3 is 11.1 Å². The standard InChI is InChI=1S/C18H20N2O2S/c1-4-14-12(3)23-18(16(14)17(19)22)20-15(21)10-9-13-7-5-11(2)6-8-13/h5-10H,4H2,1-3H3,(H2,19,22)(H,20,21). The highest BCUT2D eigenvalue weighted by atomic mass is 32.1. The van der Waals surface area contributed by atoms with E-state index in [1.165, 1.54) is 23.0 Å². The van der Waals surface area contributed by atoms with E-state index < -0.39 is 5.91 Å². The van der Waals surface area contributed by atoms with Crippen LogP contribution in [0.5, 0.6) is 0 Å². The van der Waals surface area contributed by atoms with E-state index in [4.69, 9.17) is 5.73 Å². The Morgan fingerprint density at radius 2 is 1.87 bits per heavy atom. The lowest BCUT2D eigenvalue weighted by atomic mass is 10.1. The van der Waals surface area contributed by atoms with Crippen LogP contribution in [0.1, 0.15) is 38.8 Å². The van der Waals surface area contributed by atoms with Crippen molar-refractivity contribution in [3.8, 4) is 0 Å². The number of rotatable bonds is 5. The lowest BCUT2D eigenvalue weighted by molar-refractivity contribution is -0.111. The summed E-state index contributed by atoms with van der Waals surface area (Å²) in [5.74, 6) is -0.791. The number of hydrogen-bond donors (Lipinski definition) is 2. The maximum atomic E-state index is 12.1. The number of hydrogen-bond acceptors (Lipinski definition) is 3. The molecule has 0 saturated heterocycles. The van der Waals surface area contributed by atoms with Crippen LogP contribution in [0.3, 0.4) is 0 Å². The third kappa shape index (κ3) is 4.07. The van der Waals surface area contributed by atoms with Crippen LogP contribution in [0, 0.1) is 13.8 Å². The van der Waals surface area contributed by atoms with Crippen LogP contribution in [0.2, 0.25) is 0 Å². The van der Waals surface area contributed by atoms with Gasteiger partial charge in [0.1, 0.15) is 5.00 Å². The van der Waals surface area contributed by atoms with Gasteiger partial charge in [-0.25, -0.2) is 0 Å². The quantitative estimate of drug-likeness (QED) is 0.822. The number of carbonyl (C=O) groups is 2. The van der Waals surface area contributed by atoms with Crippen molar-refractivity contribution < 1.29 is 9.59 Å². The summed E-state index contributed by atoms with van der Waals surface area (Å²) in [6.07, 6.45) is 3.89. The molecule has 120 valence electrons. The van der Waals surface area contributed by atoms with Gasteiger partial charge in [-0.3, -0.25) is 9.59 Å². The van der Waals surface area contributed by atoms with Crippen molar-refractivity contribution in [2.45, 2.75) is 27.2 Å². The Kier molecular flexibility index (Phi) is 5.34. The van der Waals surface area contributed by atoms with Gasteiger partial charge in [-0.2, -0.15) is 0 Å². The summed E-state index contributed by atoms with van der Waals surface area (Å²) in [5.41, 5.74) is 8.89. The van der Waals surface area contributed by atoms with Crippen LogP contribution in [-0.4, -0.2) is 11.8 Å².